The first-order valence-corrected chi connectivity index (χ1v) is 7.16. The van der Waals surface area contributed by atoms with Gasteiger partial charge in [-0.05, 0) is 44.2 Å². The van der Waals surface area contributed by atoms with Crippen molar-refractivity contribution in [3.63, 3.8) is 0 Å². The molecule has 0 amide bonds. The van der Waals surface area contributed by atoms with Gasteiger partial charge in [-0.25, -0.2) is 0 Å². The van der Waals surface area contributed by atoms with E-state index in [4.69, 9.17) is 5.73 Å². The highest BCUT2D eigenvalue weighted by Gasteiger charge is 2.31. The Morgan fingerprint density at radius 1 is 1.40 bits per heavy atom. The molecule has 4 heteroatoms. The molecule has 0 fully saturated rings. The second kappa shape index (κ2) is 7.29. The Kier molecular flexibility index (Phi) is 6.30. The van der Waals surface area contributed by atoms with Gasteiger partial charge in [0.05, 0.1) is 6.54 Å². The van der Waals surface area contributed by atoms with Crippen LogP contribution in [0.3, 0.4) is 0 Å². The van der Waals surface area contributed by atoms with E-state index >= 15 is 0 Å². The maximum atomic E-state index is 5.91. The fourth-order valence-corrected chi connectivity index (χ4v) is 2.90. The molecule has 0 aliphatic heterocycles. The summed E-state index contributed by atoms with van der Waals surface area (Å²) in [4.78, 5) is 4.54. The van der Waals surface area contributed by atoms with Gasteiger partial charge in [-0.15, -0.1) is 24.0 Å². The van der Waals surface area contributed by atoms with Gasteiger partial charge >= 0.3 is 0 Å². The number of benzene rings is 1. The van der Waals surface area contributed by atoms with Crippen LogP contribution in [0.5, 0.6) is 0 Å². The van der Waals surface area contributed by atoms with Gasteiger partial charge in [-0.3, -0.25) is 4.99 Å². The van der Waals surface area contributed by atoms with Crippen LogP contribution >= 0.6 is 24.0 Å². The molecule has 0 bridgehead atoms. The van der Waals surface area contributed by atoms with Crippen LogP contribution < -0.4 is 11.1 Å². The second-order valence-corrected chi connectivity index (χ2v) is 6.07. The predicted molar refractivity (Wildman–Crippen MR) is 96.9 cm³/mol. The molecule has 20 heavy (non-hydrogen) atoms. The first kappa shape index (κ1) is 17.3. The first-order chi connectivity index (χ1) is 9.01. The Labute approximate surface area is 139 Å². The lowest BCUT2D eigenvalue weighted by Gasteiger charge is -2.35. The van der Waals surface area contributed by atoms with Crippen LogP contribution in [-0.4, -0.2) is 18.5 Å². The van der Waals surface area contributed by atoms with Gasteiger partial charge in [0.15, 0.2) is 5.96 Å². The van der Waals surface area contributed by atoms with Gasteiger partial charge in [-0.2, -0.15) is 0 Å². The van der Waals surface area contributed by atoms with Gasteiger partial charge in [0, 0.05) is 11.5 Å². The third-order valence-corrected chi connectivity index (χ3v) is 3.88. The van der Waals surface area contributed by atoms with Gasteiger partial charge in [0.2, 0.25) is 0 Å². The van der Waals surface area contributed by atoms with Crippen molar-refractivity contribution in [1.29, 1.82) is 0 Å². The average Bonchev–Trinajstić information content (AvgIpc) is 2.36. The van der Waals surface area contributed by atoms with Gasteiger partial charge < -0.3 is 11.1 Å². The number of aryl methyl sites for hydroxylation is 1. The molecule has 0 radical (unpaired) electrons. The van der Waals surface area contributed by atoms with E-state index in [0.717, 1.165) is 6.54 Å². The maximum absolute atomic E-state index is 5.91. The standard InChI is InChI=1S/C16H25N3.HI/c1-12(2)19-15(17)18-11-16(3)10-6-8-13-7-4-5-9-14(13)16;/h4-5,7,9,12H,6,8,10-11H2,1-3H3,(H3,17,18,19);1H. The van der Waals surface area contributed by atoms with E-state index in [9.17, 15) is 0 Å². The molecule has 1 unspecified atom stereocenters. The summed E-state index contributed by atoms with van der Waals surface area (Å²) in [6.45, 7) is 7.20. The number of guanidine groups is 1. The number of nitrogens with two attached hydrogens (primary N) is 1. The van der Waals surface area contributed by atoms with Crippen LogP contribution in [0.25, 0.3) is 0 Å². The van der Waals surface area contributed by atoms with Crippen LogP contribution in [0, 0.1) is 0 Å². The molecule has 1 aromatic rings. The van der Waals surface area contributed by atoms with Crippen molar-refractivity contribution in [2.75, 3.05) is 6.54 Å². The number of nitrogens with one attached hydrogen (secondary N) is 1. The zero-order chi connectivity index (χ0) is 13.9. The van der Waals surface area contributed by atoms with E-state index in [1.54, 1.807) is 0 Å². The Morgan fingerprint density at radius 2 is 2.10 bits per heavy atom. The van der Waals surface area contributed by atoms with Crippen molar-refractivity contribution in [1.82, 2.24) is 5.32 Å². The Bertz CT molecular complexity index is 471. The minimum atomic E-state index is 0. The SMILES string of the molecule is CC(C)NC(N)=NCC1(C)CCCc2ccccc21.I. The lowest BCUT2D eigenvalue weighted by Crippen LogP contribution is -2.39. The fourth-order valence-electron chi connectivity index (χ4n) is 2.90. The Balaban J connectivity index is 0.00000200. The highest BCUT2D eigenvalue weighted by atomic mass is 127. The minimum absolute atomic E-state index is 0. The third kappa shape index (κ3) is 4.11. The van der Waals surface area contributed by atoms with Crippen molar-refractivity contribution >= 4 is 29.9 Å². The molecule has 2 rings (SSSR count). The van der Waals surface area contributed by atoms with E-state index in [-0.39, 0.29) is 29.4 Å². The van der Waals surface area contributed by atoms with Crippen molar-refractivity contribution < 1.29 is 0 Å². The topological polar surface area (TPSA) is 50.4 Å². The van der Waals surface area contributed by atoms with Gasteiger partial charge in [0.1, 0.15) is 0 Å². The highest BCUT2D eigenvalue weighted by molar-refractivity contribution is 14.0. The van der Waals surface area contributed by atoms with Gasteiger partial charge in [0.25, 0.3) is 0 Å². The largest absolute Gasteiger partial charge is 0.370 e. The molecular formula is C16H26IN3. The van der Waals surface area contributed by atoms with Gasteiger partial charge in [-0.1, -0.05) is 31.2 Å². The lowest BCUT2D eigenvalue weighted by atomic mass is 9.71. The zero-order valence-corrected chi connectivity index (χ0v) is 15.0. The molecular weight excluding hydrogens is 361 g/mol. The van der Waals surface area contributed by atoms with Crippen LogP contribution in [0.15, 0.2) is 29.3 Å². The summed E-state index contributed by atoms with van der Waals surface area (Å²) < 4.78 is 0. The normalized spacial score (nSPS) is 22.1. The van der Waals surface area contributed by atoms with Crippen molar-refractivity contribution in [3.8, 4) is 0 Å². The smallest absolute Gasteiger partial charge is 0.188 e. The quantitative estimate of drug-likeness (QED) is 0.476. The molecule has 1 atom stereocenters. The van der Waals surface area contributed by atoms with E-state index in [1.165, 1.54) is 30.4 Å². The number of nitrogens with zero attached hydrogens (tertiary/aromatic N) is 1. The zero-order valence-electron chi connectivity index (χ0n) is 12.6. The molecule has 1 aliphatic carbocycles. The fraction of sp³-hybridized carbons (Fsp3) is 0.562. The first-order valence-electron chi connectivity index (χ1n) is 7.16. The molecule has 112 valence electrons. The monoisotopic (exact) mass is 387 g/mol. The number of hydrogen-bond acceptors (Lipinski definition) is 1. The molecule has 1 aromatic carbocycles. The second-order valence-electron chi connectivity index (χ2n) is 6.07. The van der Waals surface area contributed by atoms with Crippen LogP contribution in [0.1, 0.15) is 44.7 Å². The van der Waals surface area contributed by atoms with Crippen LogP contribution in [0.2, 0.25) is 0 Å². The average molecular weight is 387 g/mol. The van der Waals surface area contributed by atoms with Crippen molar-refractivity contribution in [2.45, 2.75) is 51.5 Å². The summed E-state index contributed by atoms with van der Waals surface area (Å²) >= 11 is 0. The molecule has 0 spiro atoms. The van der Waals surface area contributed by atoms with Crippen LogP contribution in [-0.2, 0) is 11.8 Å². The minimum Gasteiger partial charge on any atom is -0.370 e. The molecule has 3 nitrogen and oxygen atoms in total. The third-order valence-electron chi connectivity index (χ3n) is 3.88. The summed E-state index contributed by atoms with van der Waals surface area (Å²) in [5.41, 5.74) is 8.95. The number of halogens is 1. The van der Waals surface area contributed by atoms with Crippen molar-refractivity contribution in [2.24, 2.45) is 10.7 Å². The summed E-state index contributed by atoms with van der Waals surface area (Å²) in [6.07, 6.45) is 3.61. The summed E-state index contributed by atoms with van der Waals surface area (Å²) in [6, 6.07) is 9.07. The maximum Gasteiger partial charge on any atom is 0.188 e. The number of rotatable bonds is 3. The number of fused-ring (bicyclic) bond motifs is 1. The number of aliphatic imine (C=N–C) groups is 1. The molecule has 0 aromatic heterocycles. The Morgan fingerprint density at radius 3 is 2.80 bits per heavy atom. The molecule has 3 N–H and O–H groups in total. The Hall–Kier alpha value is -0.780. The van der Waals surface area contributed by atoms with E-state index < -0.39 is 0 Å². The summed E-state index contributed by atoms with van der Waals surface area (Å²) in [5, 5.41) is 3.15. The van der Waals surface area contributed by atoms with Crippen molar-refractivity contribution in [3.05, 3.63) is 35.4 Å². The highest BCUT2D eigenvalue weighted by Crippen LogP contribution is 2.37. The molecule has 0 heterocycles. The van der Waals surface area contributed by atoms with E-state index in [1.807, 2.05) is 0 Å². The molecule has 1 aliphatic rings. The molecule has 0 saturated carbocycles. The lowest BCUT2D eigenvalue weighted by molar-refractivity contribution is 0.404. The summed E-state index contributed by atoms with van der Waals surface area (Å²) in [5.74, 6) is 0.555. The number of hydrogen-bond donors (Lipinski definition) is 2. The van der Waals surface area contributed by atoms with Crippen LogP contribution in [0.4, 0.5) is 0 Å². The van der Waals surface area contributed by atoms with E-state index in [2.05, 4.69) is 55.3 Å². The van der Waals surface area contributed by atoms with E-state index in [0.29, 0.717) is 12.0 Å². The summed E-state index contributed by atoms with van der Waals surface area (Å²) in [7, 11) is 0. The predicted octanol–water partition coefficient (Wildman–Crippen LogP) is 3.21. The molecule has 0 saturated heterocycles.